The zero-order chi connectivity index (χ0) is 31.5. The molecular formula is C34H42N4O7. The average molecular weight is 619 g/mol. The molecule has 1 amide bonds. The summed E-state index contributed by atoms with van der Waals surface area (Å²) in [7, 11) is 0. The van der Waals surface area contributed by atoms with Crippen molar-refractivity contribution in [3.63, 3.8) is 0 Å². The van der Waals surface area contributed by atoms with E-state index < -0.39 is 36.7 Å². The van der Waals surface area contributed by atoms with Gasteiger partial charge in [0.05, 0.1) is 25.9 Å². The van der Waals surface area contributed by atoms with Crippen LogP contribution in [0.15, 0.2) is 96.1 Å². The number of nitrogens with zero attached hydrogens (tertiary/aromatic N) is 3. The molecule has 0 aliphatic carbocycles. The Morgan fingerprint density at radius 2 is 1.42 bits per heavy atom. The van der Waals surface area contributed by atoms with Gasteiger partial charge < -0.3 is 34.1 Å². The van der Waals surface area contributed by atoms with Crippen molar-refractivity contribution >= 4 is 6.09 Å². The fourth-order valence-corrected chi connectivity index (χ4v) is 4.93. The largest absolute Gasteiger partial charge is 0.445 e. The van der Waals surface area contributed by atoms with Gasteiger partial charge in [0.2, 0.25) is 0 Å². The molecule has 0 aromatic heterocycles. The molecule has 0 spiro atoms. The number of amides is 1. The summed E-state index contributed by atoms with van der Waals surface area (Å²) in [6.45, 7) is 1.78. The molecule has 240 valence electrons. The summed E-state index contributed by atoms with van der Waals surface area (Å²) in [4.78, 5) is 14.9. The molecule has 1 aliphatic heterocycles. The van der Waals surface area contributed by atoms with Crippen molar-refractivity contribution in [2.24, 2.45) is 5.11 Å². The van der Waals surface area contributed by atoms with Crippen LogP contribution < -0.4 is 5.32 Å². The van der Waals surface area contributed by atoms with E-state index in [1.807, 2.05) is 91.0 Å². The van der Waals surface area contributed by atoms with E-state index >= 15 is 0 Å². The van der Waals surface area contributed by atoms with E-state index in [1.165, 1.54) is 0 Å². The SMILES string of the molecule is [N-]=[N+]=N[C@H]1[C@H](OCCCCCCNC(=O)OCc2ccccc2)O[C@H](COCc2ccccc2)[C@@H](O)[C@@H]1OCc1ccccc1. The van der Waals surface area contributed by atoms with E-state index in [0.717, 1.165) is 42.4 Å². The fraction of sp³-hybridized carbons (Fsp3) is 0.441. The normalized spacial score (nSPS) is 21.0. The van der Waals surface area contributed by atoms with Gasteiger partial charge in [0.1, 0.15) is 24.9 Å². The smallest absolute Gasteiger partial charge is 0.407 e. The van der Waals surface area contributed by atoms with Crippen LogP contribution in [0.25, 0.3) is 10.4 Å². The van der Waals surface area contributed by atoms with Crippen LogP contribution in [0.5, 0.6) is 0 Å². The van der Waals surface area contributed by atoms with Crippen LogP contribution in [0.4, 0.5) is 4.79 Å². The van der Waals surface area contributed by atoms with Gasteiger partial charge >= 0.3 is 6.09 Å². The van der Waals surface area contributed by atoms with Crippen LogP contribution in [-0.4, -0.2) is 61.6 Å². The molecule has 5 atom stereocenters. The van der Waals surface area contributed by atoms with Gasteiger partial charge in [-0.1, -0.05) is 109 Å². The van der Waals surface area contributed by atoms with E-state index in [9.17, 15) is 15.4 Å². The molecule has 45 heavy (non-hydrogen) atoms. The highest BCUT2D eigenvalue weighted by atomic mass is 16.7. The monoisotopic (exact) mass is 618 g/mol. The maximum atomic E-state index is 11.9. The Morgan fingerprint density at radius 3 is 2.07 bits per heavy atom. The molecule has 0 bridgehead atoms. The topological polar surface area (TPSA) is 144 Å². The second-order valence-electron chi connectivity index (χ2n) is 10.8. The highest BCUT2D eigenvalue weighted by Crippen LogP contribution is 2.28. The lowest BCUT2D eigenvalue weighted by atomic mass is 9.97. The highest BCUT2D eigenvalue weighted by molar-refractivity contribution is 5.67. The quantitative estimate of drug-likeness (QED) is 0.0763. The fourth-order valence-electron chi connectivity index (χ4n) is 4.93. The number of nitrogens with one attached hydrogen (secondary N) is 1. The molecule has 1 saturated heterocycles. The van der Waals surface area contributed by atoms with E-state index in [0.29, 0.717) is 19.8 Å². The second kappa shape index (κ2) is 19.4. The van der Waals surface area contributed by atoms with Crippen molar-refractivity contribution in [3.05, 3.63) is 118 Å². The number of hydrogen-bond donors (Lipinski definition) is 2. The maximum Gasteiger partial charge on any atom is 0.407 e. The van der Waals surface area contributed by atoms with Crippen LogP contribution >= 0.6 is 0 Å². The molecule has 2 N–H and O–H groups in total. The molecule has 11 heteroatoms. The van der Waals surface area contributed by atoms with Crippen molar-refractivity contribution in [2.75, 3.05) is 19.8 Å². The Hall–Kier alpha value is -3.96. The minimum absolute atomic E-state index is 0.102. The summed E-state index contributed by atoms with van der Waals surface area (Å²) >= 11 is 0. The lowest BCUT2D eigenvalue weighted by molar-refractivity contribution is -0.276. The van der Waals surface area contributed by atoms with Gasteiger partial charge in [-0.3, -0.25) is 0 Å². The Kier molecular flexibility index (Phi) is 14.6. The predicted octanol–water partition coefficient (Wildman–Crippen LogP) is 6.06. The lowest BCUT2D eigenvalue weighted by Crippen LogP contribution is -2.59. The van der Waals surface area contributed by atoms with Crippen LogP contribution in [0.3, 0.4) is 0 Å². The number of aliphatic hydroxyl groups is 1. The van der Waals surface area contributed by atoms with Gasteiger partial charge in [0.15, 0.2) is 6.29 Å². The van der Waals surface area contributed by atoms with E-state index in [2.05, 4.69) is 15.3 Å². The van der Waals surface area contributed by atoms with Crippen molar-refractivity contribution in [1.82, 2.24) is 5.32 Å². The number of carbonyl (C=O) groups is 1. The first-order chi connectivity index (χ1) is 22.1. The van der Waals surface area contributed by atoms with Crippen LogP contribution in [0.1, 0.15) is 42.4 Å². The second-order valence-corrected chi connectivity index (χ2v) is 10.8. The first kappa shape index (κ1) is 33.9. The van der Waals surface area contributed by atoms with Crippen LogP contribution in [-0.2, 0) is 43.5 Å². The summed E-state index contributed by atoms with van der Waals surface area (Å²) in [6, 6.07) is 27.9. The van der Waals surface area contributed by atoms with Crippen molar-refractivity contribution < 1.29 is 33.6 Å². The number of ether oxygens (including phenoxy) is 5. The molecule has 0 unspecified atom stereocenters. The number of rotatable bonds is 18. The maximum absolute atomic E-state index is 11.9. The number of azide groups is 1. The Bertz CT molecular complexity index is 1300. The minimum atomic E-state index is -1.10. The molecule has 0 saturated carbocycles. The van der Waals surface area contributed by atoms with Gasteiger partial charge in [-0.05, 0) is 35.1 Å². The number of alkyl carbamates (subject to hydrolysis) is 1. The molecule has 0 radical (unpaired) electrons. The zero-order valence-electron chi connectivity index (χ0n) is 25.4. The molecule has 3 aromatic rings. The first-order valence-corrected chi connectivity index (χ1v) is 15.3. The summed E-state index contributed by atoms with van der Waals surface area (Å²) in [5.41, 5.74) is 12.2. The standard InChI is InChI=1S/C34H42N4O7/c35-38-37-30-32(43-23-27-16-8-4-9-17-27)31(39)29(25-41-22-26-14-6-3-7-15-26)45-33(30)42-21-13-2-1-12-20-36-34(40)44-24-28-18-10-5-11-19-28/h3-11,14-19,29-33,39H,1-2,12-13,20-25H2,(H,36,40)/t29-,30-,31-,32-,33-/m1/s1. The third-order valence-electron chi connectivity index (χ3n) is 7.34. The zero-order valence-corrected chi connectivity index (χ0v) is 25.4. The predicted molar refractivity (Wildman–Crippen MR) is 168 cm³/mol. The summed E-state index contributed by atoms with van der Waals surface area (Å²) < 4.78 is 29.4. The van der Waals surface area contributed by atoms with Gasteiger partial charge in [0, 0.05) is 18.1 Å². The number of hydrogen-bond acceptors (Lipinski definition) is 8. The molecular weight excluding hydrogens is 576 g/mol. The van der Waals surface area contributed by atoms with Gasteiger partial charge in [-0.2, -0.15) is 0 Å². The summed E-state index contributed by atoms with van der Waals surface area (Å²) in [5, 5.41) is 17.9. The average Bonchev–Trinajstić information content (AvgIpc) is 3.08. The van der Waals surface area contributed by atoms with E-state index in [1.54, 1.807) is 0 Å². The van der Waals surface area contributed by atoms with Crippen molar-refractivity contribution in [3.8, 4) is 0 Å². The van der Waals surface area contributed by atoms with Crippen molar-refractivity contribution in [1.29, 1.82) is 0 Å². The molecule has 1 fully saturated rings. The number of aliphatic hydroxyl groups excluding tert-OH is 1. The number of benzene rings is 3. The molecule has 3 aromatic carbocycles. The third-order valence-corrected chi connectivity index (χ3v) is 7.34. The highest BCUT2D eigenvalue weighted by Gasteiger charge is 2.46. The molecule has 11 nitrogen and oxygen atoms in total. The van der Waals surface area contributed by atoms with E-state index in [-0.39, 0.29) is 19.8 Å². The summed E-state index contributed by atoms with van der Waals surface area (Å²) in [6.07, 6.45) is -0.809. The molecule has 1 heterocycles. The molecule has 4 rings (SSSR count). The van der Waals surface area contributed by atoms with Crippen molar-refractivity contribution in [2.45, 2.75) is 76.1 Å². The van der Waals surface area contributed by atoms with E-state index in [4.69, 9.17) is 23.7 Å². The van der Waals surface area contributed by atoms with Crippen LogP contribution in [0, 0.1) is 0 Å². The third kappa shape index (κ3) is 11.8. The number of unbranched alkanes of at least 4 members (excludes halogenated alkanes) is 3. The minimum Gasteiger partial charge on any atom is -0.445 e. The number of carbonyl (C=O) groups excluding carboxylic acids is 1. The van der Waals surface area contributed by atoms with Gasteiger partial charge in [0.25, 0.3) is 0 Å². The van der Waals surface area contributed by atoms with Crippen LogP contribution in [0.2, 0.25) is 0 Å². The first-order valence-electron chi connectivity index (χ1n) is 15.3. The lowest BCUT2D eigenvalue weighted by Gasteiger charge is -2.42. The molecule has 1 aliphatic rings. The van der Waals surface area contributed by atoms with Gasteiger partial charge in [-0.25, -0.2) is 4.79 Å². The van der Waals surface area contributed by atoms with Gasteiger partial charge in [-0.15, -0.1) is 0 Å². The Balaban J connectivity index is 1.23. The Labute approximate surface area is 264 Å². The summed E-state index contributed by atoms with van der Waals surface area (Å²) in [5.74, 6) is 0. The Morgan fingerprint density at radius 1 is 0.822 bits per heavy atom.